The Morgan fingerprint density at radius 3 is 2.53 bits per heavy atom. The Bertz CT molecular complexity index is 327. The third kappa shape index (κ3) is 3.90. The minimum Gasteiger partial charge on any atom is -0.496 e. The number of benzene rings is 1. The van der Waals surface area contributed by atoms with Gasteiger partial charge in [-0.05, 0) is 43.5 Å². The fraction of sp³-hybridized carbons (Fsp3) is 0.455. The van der Waals surface area contributed by atoms with E-state index >= 15 is 0 Å². The summed E-state index contributed by atoms with van der Waals surface area (Å²) >= 11 is 5.97. The quantitative estimate of drug-likeness (QED) is 0.895. The van der Waals surface area contributed by atoms with Crippen molar-refractivity contribution >= 4 is 24.0 Å². The number of rotatable bonds is 3. The van der Waals surface area contributed by atoms with Gasteiger partial charge in [-0.25, -0.2) is 0 Å². The molecule has 1 aromatic carbocycles. The van der Waals surface area contributed by atoms with Crippen molar-refractivity contribution in [3.8, 4) is 5.75 Å². The average Bonchev–Trinajstić information content (AvgIpc) is 2.01. The zero-order valence-corrected chi connectivity index (χ0v) is 10.8. The van der Waals surface area contributed by atoms with Crippen LogP contribution in [0.4, 0.5) is 0 Å². The van der Waals surface area contributed by atoms with Crippen LogP contribution in [0, 0.1) is 6.92 Å². The lowest BCUT2D eigenvalue weighted by molar-refractivity contribution is 0.405. The maximum absolute atomic E-state index is 5.97. The van der Waals surface area contributed by atoms with Crippen molar-refractivity contribution in [3.05, 3.63) is 28.3 Å². The number of hydrogen-bond donors (Lipinski definition) is 1. The molecule has 0 aromatic heterocycles. The van der Waals surface area contributed by atoms with Gasteiger partial charge in [0.1, 0.15) is 5.75 Å². The van der Waals surface area contributed by atoms with E-state index in [1.54, 1.807) is 7.11 Å². The second kappa shape index (κ2) is 6.21. The molecule has 0 radical (unpaired) electrons. The summed E-state index contributed by atoms with van der Waals surface area (Å²) in [7, 11) is 1.67. The molecule has 0 saturated heterocycles. The first-order valence-electron chi connectivity index (χ1n) is 4.63. The van der Waals surface area contributed by atoms with Crippen LogP contribution < -0.4 is 10.5 Å². The summed E-state index contributed by atoms with van der Waals surface area (Å²) in [6.45, 7) is 3.95. The predicted octanol–water partition coefficient (Wildman–Crippen LogP) is 2.97. The maximum Gasteiger partial charge on any atom is 0.125 e. The Morgan fingerprint density at radius 1 is 1.47 bits per heavy atom. The third-order valence-electron chi connectivity index (χ3n) is 2.06. The van der Waals surface area contributed by atoms with Gasteiger partial charge >= 0.3 is 0 Å². The van der Waals surface area contributed by atoms with E-state index in [0.717, 1.165) is 28.3 Å². The highest BCUT2D eigenvalue weighted by Crippen LogP contribution is 2.28. The van der Waals surface area contributed by atoms with E-state index in [4.69, 9.17) is 22.1 Å². The summed E-state index contributed by atoms with van der Waals surface area (Å²) in [5.41, 5.74) is 7.88. The molecule has 86 valence electrons. The van der Waals surface area contributed by atoms with Crippen LogP contribution in [-0.4, -0.2) is 13.2 Å². The van der Waals surface area contributed by atoms with Gasteiger partial charge in [0.25, 0.3) is 0 Å². The zero-order chi connectivity index (χ0) is 10.7. The summed E-state index contributed by atoms with van der Waals surface area (Å²) in [4.78, 5) is 0. The van der Waals surface area contributed by atoms with Crippen molar-refractivity contribution in [2.75, 3.05) is 7.11 Å². The number of nitrogens with two attached hydrogens (primary N) is 1. The smallest absolute Gasteiger partial charge is 0.125 e. The summed E-state index contributed by atoms with van der Waals surface area (Å²) in [5.74, 6) is 0.895. The molecule has 1 aromatic rings. The molecule has 4 heteroatoms. The molecule has 1 rings (SSSR count). The minimum absolute atomic E-state index is 0. The molecule has 0 aliphatic heterocycles. The Hall–Kier alpha value is -0.440. The number of halogens is 2. The van der Waals surface area contributed by atoms with E-state index in [0.29, 0.717) is 0 Å². The first-order valence-corrected chi connectivity index (χ1v) is 5.01. The van der Waals surface area contributed by atoms with Crippen molar-refractivity contribution in [2.45, 2.75) is 26.3 Å². The SMILES string of the molecule is COc1c(C)cc(Cl)cc1CC(C)N.Cl. The van der Waals surface area contributed by atoms with Gasteiger partial charge < -0.3 is 10.5 Å². The summed E-state index contributed by atoms with van der Waals surface area (Å²) in [6, 6.07) is 3.92. The largest absolute Gasteiger partial charge is 0.496 e. The lowest BCUT2D eigenvalue weighted by Gasteiger charge is -2.13. The van der Waals surface area contributed by atoms with Crippen LogP contribution in [0.1, 0.15) is 18.1 Å². The Morgan fingerprint density at radius 2 is 2.07 bits per heavy atom. The standard InChI is InChI=1S/C11H16ClNO.ClH/c1-7-4-10(12)6-9(5-8(2)13)11(7)14-3;/h4,6,8H,5,13H2,1-3H3;1H. The summed E-state index contributed by atoms with van der Waals surface area (Å²) < 4.78 is 5.32. The number of methoxy groups -OCH3 is 1. The lowest BCUT2D eigenvalue weighted by Crippen LogP contribution is -2.18. The molecular weight excluding hydrogens is 233 g/mol. The lowest BCUT2D eigenvalue weighted by atomic mass is 10.0. The van der Waals surface area contributed by atoms with Crippen LogP contribution in [-0.2, 0) is 6.42 Å². The molecule has 0 aliphatic carbocycles. The van der Waals surface area contributed by atoms with Gasteiger partial charge in [0, 0.05) is 11.1 Å². The van der Waals surface area contributed by atoms with Crippen molar-refractivity contribution in [1.82, 2.24) is 0 Å². The second-order valence-electron chi connectivity index (χ2n) is 3.60. The Balaban J connectivity index is 0.00000196. The normalized spacial score (nSPS) is 11.8. The highest BCUT2D eigenvalue weighted by atomic mass is 35.5. The van der Waals surface area contributed by atoms with Gasteiger partial charge in [-0.1, -0.05) is 11.6 Å². The molecule has 15 heavy (non-hydrogen) atoms. The highest BCUT2D eigenvalue weighted by molar-refractivity contribution is 6.30. The van der Waals surface area contributed by atoms with E-state index < -0.39 is 0 Å². The van der Waals surface area contributed by atoms with Crippen LogP contribution in [0.3, 0.4) is 0 Å². The van der Waals surface area contributed by atoms with Crippen LogP contribution in [0.2, 0.25) is 5.02 Å². The third-order valence-corrected chi connectivity index (χ3v) is 2.28. The van der Waals surface area contributed by atoms with E-state index in [1.807, 2.05) is 26.0 Å². The van der Waals surface area contributed by atoms with Crippen molar-refractivity contribution in [2.24, 2.45) is 5.73 Å². The fourth-order valence-electron chi connectivity index (χ4n) is 1.59. The minimum atomic E-state index is 0. The highest BCUT2D eigenvalue weighted by Gasteiger charge is 2.09. The molecule has 0 spiro atoms. The maximum atomic E-state index is 5.97. The molecule has 1 unspecified atom stereocenters. The number of aryl methyl sites for hydroxylation is 1. The average molecular weight is 250 g/mol. The number of ether oxygens (including phenoxy) is 1. The van der Waals surface area contributed by atoms with E-state index in [1.165, 1.54) is 0 Å². The van der Waals surface area contributed by atoms with Crippen molar-refractivity contribution in [1.29, 1.82) is 0 Å². The first kappa shape index (κ1) is 14.6. The van der Waals surface area contributed by atoms with Crippen molar-refractivity contribution < 1.29 is 4.74 Å². The molecular formula is C11H17Cl2NO. The van der Waals surface area contributed by atoms with Gasteiger partial charge in [-0.3, -0.25) is 0 Å². The monoisotopic (exact) mass is 249 g/mol. The van der Waals surface area contributed by atoms with Crippen LogP contribution in [0.15, 0.2) is 12.1 Å². The van der Waals surface area contributed by atoms with E-state index in [2.05, 4.69) is 0 Å². The summed E-state index contributed by atoms with van der Waals surface area (Å²) in [6.07, 6.45) is 0.782. The van der Waals surface area contributed by atoms with Gasteiger partial charge in [-0.2, -0.15) is 0 Å². The molecule has 0 saturated carbocycles. The van der Waals surface area contributed by atoms with Crippen molar-refractivity contribution in [3.63, 3.8) is 0 Å². The molecule has 0 aliphatic rings. The molecule has 0 heterocycles. The Kier molecular flexibility index (Phi) is 6.03. The van der Waals surface area contributed by atoms with Gasteiger partial charge in [0.2, 0.25) is 0 Å². The first-order chi connectivity index (χ1) is 6.54. The molecule has 2 nitrogen and oxygen atoms in total. The van der Waals surface area contributed by atoms with Crippen LogP contribution in [0.5, 0.6) is 5.75 Å². The summed E-state index contributed by atoms with van der Waals surface area (Å²) in [5, 5.41) is 0.735. The van der Waals surface area contributed by atoms with E-state index in [-0.39, 0.29) is 18.4 Å². The van der Waals surface area contributed by atoms with E-state index in [9.17, 15) is 0 Å². The second-order valence-corrected chi connectivity index (χ2v) is 4.03. The zero-order valence-electron chi connectivity index (χ0n) is 9.21. The van der Waals surface area contributed by atoms with Gasteiger partial charge in [0.15, 0.2) is 0 Å². The predicted molar refractivity (Wildman–Crippen MR) is 67.3 cm³/mol. The van der Waals surface area contributed by atoms with Crippen LogP contribution >= 0.6 is 24.0 Å². The molecule has 0 amide bonds. The Labute approximate surface area is 102 Å². The van der Waals surface area contributed by atoms with Crippen LogP contribution in [0.25, 0.3) is 0 Å². The van der Waals surface area contributed by atoms with Gasteiger partial charge in [0.05, 0.1) is 7.11 Å². The number of hydrogen-bond acceptors (Lipinski definition) is 2. The topological polar surface area (TPSA) is 35.2 Å². The molecule has 0 bridgehead atoms. The molecule has 2 N–H and O–H groups in total. The molecule has 0 fully saturated rings. The van der Waals surface area contributed by atoms with Gasteiger partial charge in [-0.15, -0.1) is 12.4 Å². The fourth-order valence-corrected chi connectivity index (χ4v) is 1.89. The molecule has 1 atom stereocenters.